The average Bonchev–Trinajstić information content (AvgIpc) is 3.57. The van der Waals surface area contributed by atoms with E-state index < -0.39 is 5.97 Å². The van der Waals surface area contributed by atoms with E-state index in [-0.39, 0.29) is 6.61 Å². The van der Waals surface area contributed by atoms with E-state index in [1.165, 1.54) is 11.3 Å². The zero-order valence-corrected chi connectivity index (χ0v) is 19.9. The minimum Gasteiger partial charge on any atom is -0.462 e. The van der Waals surface area contributed by atoms with Crippen molar-refractivity contribution in [1.29, 1.82) is 0 Å². The zero-order chi connectivity index (χ0) is 23.3. The third kappa shape index (κ3) is 4.46. The Morgan fingerprint density at radius 3 is 2.32 bits per heavy atom. The van der Waals surface area contributed by atoms with Crippen molar-refractivity contribution in [3.05, 3.63) is 89.1 Å². The van der Waals surface area contributed by atoms with E-state index in [0.29, 0.717) is 27.8 Å². The molecule has 2 aromatic carbocycles. The Morgan fingerprint density at radius 2 is 1.65 bits per heavy atom. The lowest BCUT2D eigenvalue weighted by Gasteiger charge is -2.16. The molecule has 0 fully saturated rings. The molecule has 0 spiro atoms. The topological polar surface area (TPSA) is 77.0 Å². The maximum Gasteiger partial charge on any atom is 0.342 e. The van der Waals surface area contributed by atoms with Crippen molar-refractivity contribution in [3.63, 3.8) is 0 Å². The molecular weight excluding hydrogens is 464 g/mol. The molecule has 0 aliphatic carbocycles. The molecule has 0 bridgehead atoms. The molecule has 0 atom stereocenters. The normalized spacial score (nSPS) is 10.7. The first kappa shape index (κ1) is 21.9. The number of hydrogen-bond donors (Lipinski definition) is 1. The monoisotopic (exact) mass is 484 g/mol. The first-order chi connectivity index (χ1) is 16.7. The Hall–Kier alpha value is -3.88. The van der Waals surface area contributed by atoms with E-state index in [2.05, 4.69) is 20.5 Å². The summed E-state index contributed by atoms with van der Waals surface area (Å²) in [5.41, 5.74) is 4.18. The molecule has 5 aromatic rings. The van der Waals surface area contributed by atoms with Crippen LogP contribution in [-0.4, -0.2) is 27.8 Å². The van der Waals surface area contributed by atoms with Crippen LogP contribution < -0.4 is 5.32 Å². The summed E-state index contributed by atoms with van der Waals surface area (Å²) in [6, 6.07) is 23.4. The van der Waals surface area contributed by atoms with Gasteiger partial charge in [-0.2, -0.15) is 0 Å². The highest BCUT2D eigenvalue weighted by Crippen LogP contribution is 2.38. The number of aromatic nitrogens is 3. The fraction of sp³-hybridized carbons (Fsp3) is 0.0769. The molecule has 0 aliphatic heterocycles. The van der Waals surface area contributed by atoms with Gasteiger partial charge in [-0.3, -0.25) is 0 Å². The quantitative estimate of drug-likeness (QED) is 0.253. The van der Waals surface area contributed by atoms with Crippen LogP contribution in [0.5, 0.6) is 0 Å². The van der Waals surface area contributed by atoms with Gasteiger partial charge in [0.25, 0.3) is 0 Å². The number of nitrogens with one attached hydrogen (secondary N) is 1. The van der Waals surface area contributed by atoms with Gasteiger partial charge in [0, 0.05) is 16.5 Å². The van der Waals surface area contributed by atoms with Crippen molar-refractivity contribution in [2.24, 2.45) is 0 Å². The van der Waals surface area contributed by atoms with E-state index >= 15 is 0 Å². The van der Waals surface area contributed by atoms with E-state index in [1.807, 2.05) is 83.6 Å². The SMILES string of the molecule is CCOC(=O)c1c(Nc2nc(-c3cccs3)cs2)nnc(-c2ccccc2)c1-c1ccccc1. The molecule has 8 heteroatoms. The number of nitrogens with zero attached hydrogens (tertiary/aromatic N) is 3. The van der Waals surface area contributed by atoms with Gasteiger partial charge >= 0.3 is 5.97 Å². The predicted octanol–water partition coefficient (Wildman–Crippen LogP) is 6.92. The second-order valence-corrected chi connectivity index (χ2v) is 9.05. The lowest BCUT2D eigenvalue weighted by atomic mass is 9.95. The number of anilines is 2. The minimum atomic E-state index is -0.467. The number of benzene rings is 2. The molecule has 0 radical (unpaired) electrons. The maximum atomic E-state index is 13.3. The van der Waals surface area contributed by atoms with Crippen LogP contribution in [0.4, 0.5) is 10.9 Å². The maximum absolute atomic E-state index is 13.3. The second-order valence-electron chi connectivity index (χ2n) is 7.24. The van der Waals surface area contributed by atoms with Crippen LogP contribution in [0, 0.1) is 0 Å². The molecule has 34 heavy (non-hydrogen) atoms. The Labute approximate surface area is 204 Å². The molecule has 3 aromatic heterocycles. The van der Waals surface area contributed by atoms with Crippen LogP contribution >= 0.6 is 22.7 Å². The fourth-order valence-corrected chi connectivity index (χ4v) is 5.05. The molecule has 0 aliphatic rings. The van der Waals surface area contributed by atoms with Gasteiger partial charge < -0.3 is 10.1 Å². The van der Waals surface area contributed by atoms with Crippen molar-refractivity contribution < 1.29 is 9.53 Å². The van der Waals surface area contributed by atoms with Gasteiger partial charge in [0.05, 0.1) is 17.2 Å². The van der Waals surface area contributed by atoms with Crippen LogP contribution in [0.1, 0.15) is 17.3 Å². The van der Waals surface area contributed by atoms with Crippen molar-refractivity contribution in [1.82, 2.24) is 15.2 Å². The number of esters is 1. The van der Waals surface area contributed by atoms with Gasteiger partial charge in [-0.05, 0) is 23.9 Å². The largest absolute Gasteiger partial charge is 0.462 e. The Morgan fingerprint density at radius 1 is 0.912 bits per heavy atom. The van der Waals surface area contributed by atoms with Crippen LogP contribution in [0.25, 0.3) is 33.0 Å². The Kier molecular flexibility index (Phi) is 6.42. The number of rotatable bonds is 7. The van der Waals surface area contributed by atoms with Gasteiger partial charge in [-0.15, -0.1) is 32.9 Å². The van der Waals surface area contributed by atoms with Crippen LogP contribution in [0.3, 0.4) is 0 Å². The standard InChI is InChI=1S/C26H20N4O2S2/c1-2-32-25(31)22-21(17-10-5-3-6-11-17)23(18-12-7-4-8-13-18)29-30-24(22)28-26-27-19(16-34-26)20-14-9-15-33-20/h3-16H,2H2,1H3,(H,27,28,30). The number of thiophene rings is 1. The first-order valence-corrected chi connectivity index (χ1v) is 12.5. The third-order valence-electron chi connectivity index (χ3n) is 5.07. The number of carbonyl (C=O) groups excluding carboxylic acids is 1. The van der Waals surface area contributed by atoms with Gasteiger partial charge in [-0.1, -0.05) is 66.7 Å². The molecule has 0 saturated heterocycles. The summed E-state index contributed by atoms with van der Waals surface area (Å²) in [5, 5.41) is 16.8. The summed E-state index contributed by atoms with van der Waals surface area (Å²) in [5.74, 6) is -0.157. The summed E-state index contributed by atoms with van der Waals surface area (Å²) < 4.78 is 5.46. The lowest BCUT2D eigenvalue weighted by molar-refractivity contribution is 0.0528. The molecule has 0 saturated carbocycles. The zero-order valence-electron chi connectivity index (χ0n) is 18.3. The van der Waals surface area contributed by atoms with Crippen LogP contribution in [0.15, 0.2) is 83.6 Å². The van der Waals surface area contributed by atoms with E-state index in [0.717, 1.165) is 21.7 Å². The van der Waals surface area contributed by atoms with Gasteiger partial charge in [0.1, 0.15) is 11.3 Å². The number of ether oxygens (including phenoxy) is 1. The Balaban J connectivity index is 1.67. The summed E-state index contributed by atoms with van der Waals surface area (Å²) in [6.07, 6.45) is 0. The Bertz CT molecular complexity index is 1400. The van der Waals surface area contributed by atoms with Gasteiger partial charge in [0.15, 0.2) is 10.9 Å². The molecule has 1 N–H and O–H groups in total. The summed E-state index contributed by atoms with van der Waals surface area (Å²) in [4.78, 5) is 19.0. The van der Waals surface area contributed by atoms with Crippen molar-refractivity contribution >= 4 is 39.6 Å². The molecular formula is C26H20N4O2S2. The van der Waals surface area contributed by atoms with Crippen LogP contribution in [0.2, 0.25) is 0 Å². The highest BCUT2D eigenvalue weighted by Gasteiger charge is 2.26. The third-order valence-corrected chi connectivity index (χ3v) is 6.72. The number of thiazole rings is 1. The summed E-state index contributed by atoms with van der Waals surface area (Å²) in [6.45, 7) is 2.03. The van der Waals surface area contributed by atoms with E-state index in [4.69, 9.17) is 4.74 Å². The number of hydrogen-bond acceptors (Lipinski definition) is 8. The van der Waals surface area contributed by atoms with Crippen molar-refractivity contribution in [2.45, 2.75) is 6.92 Å². The molecule has 6 nitrogen and oxygen atoms in total. The molecule has 0 unspecified atom stereocenters. The average molecular weight is 485 g/mol. The van der Waals surface area contributed by atoms with Gasteiger partial charge in [-0.25, -0.2) is 9.78 Å². The second kappa shape index (κ2) is 9.94. The number of carbonyl (C=O) groups is 1. The van der Waals surface area contributed by atoms with Crippen molar-refractivity contribution in [3.8, 4) is 33.0 Å². The van der Waals surface area contributed by atoms with Crippen molar-refractivity contribution in [2.75, 3.05) is 11.9 Å². The molecule has 5 rings (SSSR count). The summed E-state index contributed by atoms with van der Waals surface area (Å²) in [7, 11) is 0. The molecule has 168 valence electrons. The predicted molar refractivity (Wildman–Crippen MR) is 138 cm³/mol. The molecule has 0 amide bonds. The first-order valence-electron chi connectivity index (χ1n) is 10.7. The lowest BCUT2D eigenvalue weighted by Crippen LogP contribution is -2.13. The fourth-order valence-electron chi connectivity index (χ4n) is 3.58. The minimum absolute atomic E-state index is 0.245. The van der Waals surface area contributed by atoms with E-state index in [9.17, 15) is 4.79 Å². The van der Waals surface area contributed by atoms with Crippen LogP contribution in [-0.2, 0) is 4.74 Å². The summed E-state index contributed by atoms with van der Waals surface area (Å²) >= 11 is 3.07. The smallest absolute Gasteiger partial charge is 0.342 e. The molecule has 3 heterocycles. The van der Waals surface area contributed by atoms with E-state index in [1.54, 1.807) is 18.3 Å². The highest BCUT2D eigenvalue weighted by molar-refractivity contribution is 7.16. The van der Waals surface area contributed by atoms with Gasteiger partial charge in [0.2, 0.25) is 0 Å². The highest BCUT2D eigenvalue weighted by atomic mass is 32.1.